The molecule has 1 aromatic rings. The molecule has 0 amide bonds. The van der Waals surface area contributed by atoms with Gasteiger partial charge in [0.15, 0.2) is 11.5 Å². The van der Waals surface area contributed by atoms with E-state index in [4.69, 9.17) is 9.84 Å². The van der Waals surface area contributed by atoms with Crippen LogP contribution in [0.5, 0.6) is 11.5 Å². The Kier molecular flexibility index (Phi) is 3.41. The Labute approximate surface area is 104 Å². The second-order valence-corrected chi connectivity index (χ2v) is 4.54. The number of hydrogen-bond donors (Lipinski definition) is 2. The van der Waals surface area contributed by atoms with Gasteiger partial charge in [-0.25, -0.2) is 9.18 Å². The number of aromatic carboxylic acids is 1. The van der Waals surface area contributed by atoms with E-state index in [2.05, 4.69) is 0 Å². The van der Waals surface area contributed by atoms with Crippen LogP contribution in [0.2, 0.25) is 0 Å². The minimum Gasteiger partial charge on any atom is -0.504 e. The summed E-state index contributed by atoms with van der Waals surface area (Å²) < 4.78 is 19.1. The highest BCUT2D eigenvalue weighted by atomic mass is 19.1. The van der Waals surface area contributed by atoms with Crippen LogP contribution in [0.3, 0.4) is 0 Å². The molecule has 0 radical (unpaired) electrons. The lowest BCUT2D eigenvalue weighted by atomic mass is 10.1. The molecule has 0 aromatic heterocycles. The van der Waals surface area contributed by atoms with Crippen molar-refractivity contribution >= 4 is 5.97 Å². The van der Waals surface area contributed by atoms with Gasteiger partial charge < -0.3 is 14.9 Å². The standard InChI is InChI=1S/C13H15FO4/c1-7-11(13(16)17)9(14)6-10(15)12(7)18-8-4-2-3-5-8/h6,8,15H,2-5H2,1H3,(H,16,17). The van der Waals surface area contributed by atoms with Gasteiger partial charge in [0, 0.05) is 11.6 Å². The van der Waals surface area contributed by atoms with Crippen LogP contribution in [0.15, 0.2) is 6.07 Å². The molecular formula is C13H15FO4. The van der Waals surface area contributed by atoms with Gasteiger partial charge in [0.25, 0.3) is 0 Å². The summed E-state index contributed by atoms with van der Waals surface area (Å²) >= 11 is 0. The maximum atomic E-state index is 13.5. The van der Waals surface area contributed by atoms with E-state index in [9.17, 15) is 14.3 Å². The van der Waals surface area contributed by atoms with Gasteiger partial charge >= 0.3 is 5.97 Å². The molecule has 0 heterocycles. The monoisotopic (exact) mass is 254 g/mol. The molecule has 0 unspecified atom stereocenters. The Bertz CT molecular complexity index is 478. The van der Waals surface area contributed by atoms with Gasteiger partial charge in [0.1, 0.15) is 11.4 Å². The van der Waals surface area contributed by atoms with Crippen molar-refractivity contribution in [3.63, 3.8) is 0 Å². The van der Waals surface area contributed by atoms with Gasteiger partial charge in [0.05, 0.1) is 6.10 Å². The van der Waals surface area contributed by atoms with Crippen molar-refractivity contribution in [1.29, 1.82) is 0 Å². The molecule has 1 fully saturated rings. The zero-order chi connectivity index (χ0) is 13.3. The van der Waals surface area contributed by atoms with Gasteiger partial charge in [-0.2, -0.15) is 0 Å². The van der Waals surface area contributed by atoms with E-state index in [0.717, 1.165) is 31.7 Å². The zero-order valence-corrected chi connectivity index (χ0v) is 10.1. The summed E-state index contributed by atoms with van der Waals surface area (Å²) in [7, 11) is 0. The van der Waals surface area contributed by atoms with Crippen LogP contribution in [0.1, 0.15) is 41.6 Å². The number of carboxylic acids is 1. The molecule has 18 heavy (non-hydrogen) atoms. The minimum atomic E-state index is -1.36. The van der Waals surface area contributed by atoms with Crippen molar-refractivity contribution in [3.8, 4) is 11.5 Å². The lowest BCUT2D eigenvalue weighted by Crippen LogP contribution is -2.14. The second kappa shape index (κ2) is 4.84. The fourth-order valence-corrected chi connectivity index (χ4v) is 2.33. The minimum absolute atomic E-state index is 0.0262. The number of aromatic hydroxyl groups is 1. The fourth-order valence-electron chi connectivity index (χ4n) is 2.33. The Hall–Kier alpha value is -1.78. The summed E-state index contributed by atoms with van der Waals surface area (Å²) in [4.78, 5) is 11.0. The van der Waals surface area contributed by atoms with Crippen LogP contribution in [-0.4, -0.2) is 22.3 Å². The van der Waals surface area contributed by atoms with Crippen molar-refractivity contribution in [1.82, 2.24) is 0 Å². The number of halogens is 1. The Morgan fingerprint density at radius 2 is 2.06 bits per heavy atom. The highest BCUT2D eigenvalue weighted by Gasteiger charge is 2.24. The molecule has 0 spiro atoms. The quantitative estimate of drug-likeness (QED) is 0.870. The summed E-state index contributed by atoms with van der Waals surface area (Å²) in [6, 6.07) is 0.792. The highest BCUT2D eigenvalue weighted by molar-refractivity contribution is 5.91. The van der Waals surface area contributed by atoms with Gasteiger partial charge in [-0.15, -0.1) is 0 Å². The van der Waals surface area contributed by atoms with E-state index in [1.807, 2.05) is 0 Å². The van der Waals surface area contributed by atoms with E-state index in [1.54, 1.807) is 0 Å². The van der Waals surface area contributed by atoms with E-state index < -0.39 is 17.3 Å². The number of benzene rings is 1. The van der Waals surface area contributed by atoms with E-state index >= 15 is 0 Å². The molecular weight excluding hydrogens is 239 g/mol. The van der Waals surface area contributed by atoms with Crippen LogP contribution < -0.4 is 4.74 Å². The first-order chi connectivity index (χ1) is 8.50. The van der Waals surface area contributed by atoms with Crippen molar-refractivity contribution in [2.75, 3.05) is 0 Å². The van der Waals surface area contributed by atoms with Crippen LogP contribution >= 0.6 is 0 Å². The van der Waals surface area contributed by atoms with Crippen LogP contribution in [0.4, 0.5) is 4.39 Å². The fraction of sp³-hybridized carbons (Fsp3) is 0.462. The molecule has 1 aliphatic rings. The zero-order valence-electron chi connectivity index (χ0n) is 10.1. The molecule has 2 N–H and O–H groups in total. The van der Waals surface area contributed by atoms with Crippen molar-refractivity contribution in [2.45, 2.75) is 38.7 Å². The van der Waals surface area contributed by atoms with Crippen LogP contribution in [-0.2, 0) is 0 Å². The van der Waals surface area contributed by atoms with Gasteiger partial charge in [-0.1, -0.05) is 0 Å². The Morgan fingerprint density at radius 1 is 1.44 bits per heavy atom. The van der Waals surface area contributed by atoms with Crippen molar-refractivity contribution in [3.05, 3.63) is 23.0 Å². The number of carboxylic acid groups (broad SMARTS) is 1. The molecule has 0 atom stereocenters. The average molecular weight is 254 g/mol. The average Bonchev–Trinajstić information content (AvgIpc) is 2.75. The first kappa shape index (κ1) is 12.7. The molecule has 1 aromatic carbocycles. The highest BCUT2D eigenvalue weighted by Crippen LogP contribution is 2.36. The SMILES string of the molecule is Cc1c(OC2CCCC2)c(O)cc(F)c1C(=O)O. The largest absolute Gasteiger partial charge is 0.504 e. The van der Waals surface area contributed by atoms with E-state index in [1.165, 1.54) is 6.92 Å². The molecule has 2 rings (SSSR count). The predicted octanol–water partition coefficient (Wildman–Crippen LogP) is 2.86. The Balaban J connectivity index is 2.39. The van der Waals surface area contributed by atoms with Crippen LogP contribution in [0.25, 0.3) is 0 Å². The number of hydrogen-bond acceptors (Lipinski definition) is 3. The van der Waals surface area contributed by atoms with Gasteiger partial charge in [-0.3, -0.25) is 0 Å². The smallest absolute Gasteiger partial charge is 0.339 e. The first-order valence-corrected chi connectivity index (χ1v) is 5.92. The number of rotatable bonds is 3. The molecule has 0 aliphatic heterocycles. The molecule has 1 aliphatic carbocycles. The number of phenols is 1. The third-order valence-electron chi connectivity index (χ3n) is 3.25. The third kappa shape index (κ3) is 2.25. The van der Waals surface area contributed by atoms with Crippen LogP contribution in [0, 0.1) is 12.7 Å². The summed E-state index contributed by atoms with van der Waals surface area (Å²) in [6.45, 7) is 1.44. The molecule has 1 saturated carbocycles. The third-order valence-corrected chi connectivity index (χ3v) is 3.25. The summed E-state index contributed by atoms with van der Waals surface area (Å²) in [5, 5.41) is 18.6. The number of carbonyl (C=O) groups is 1. The molecule has 4 nitrogen and oxygen atoms in total. The second-order valence-electron chi connectivity index (χ2n) is 4.54. The molecule has 98 valence electrons. The maximum Gasteiger partial charge on any atom is 0.339 e. The summed E-state index contributed by atoms with van der Waals surface area (Å²) in [6.07, 6.45) is 3.83. The normalized spacial score (nSPS) is 15.9. The van der Waals surface area contributed by atoms with Crippen molar-refractivity contribution in [2.24, 2.45) is 0 Å². The summed E-state index contributed by atoms with van der Waals surface area (Å²) in [5.41, 5.74) is -0.312. The Morgan fingerprint density at radius 3 is 2.61 bits per heavy atom. The summed E-state index contributed by atoms with van der Waals surface area (Å²) in [5.74, 6) is -2.57. The number of phenolic OH excluding ortho intramolecular Hbond substituents is 1. The lowest BCUT2D eigenvalue weighted by molar-refractivity contribution is 0.0689. The maximum absolute atomic E-state index is 13.5. The first-order valence-electron chi connectivity index (χ1n) is 5.92. The molecule has 0 bridgehead atoms. The van der Waals surface area contributed by atoms with E-state index in [-0.39, 0.29) is 23.2 Å². The molecule has 5 heteroatoms. The predicted molar refractivity (Wildman–Crippen MR) is 62.6 cm³/mol. The van der Waals surface area contributed by atoms with Gasteiger partial charge in [-0.05, 0) is 32.6 Å². The van der Waals surface area contributed by atoms with E-state index in [0.29, 0.717) is 0 Å². The van der Waals surface area contributed by atoms with Gasteiger partial charge in [0.2, 0.25) is 0 Å². The van der Waals surface area contributed by atoms with Crippen molar-refractivity contribution < 1.29 is 24.1 Å². The topological polar surface area (TPSA) is 66.8 Å². The number of ether oxygens (including phenoxy) is 1. The lowest BCUT2D eigenvalue weighted by Gasteiger charge is -2.17. The molecule has 0 saturated heterocycles.